The van der Waals surface area contributed by atoms with Gasteiger partial charge in [0.25, 0.3) is 11.6 Å². The lowest BCUT2D eigenvalue weighted by Crippen LogP contribution is -2.63. The van der Waals surface area contributed by atoms with Gasteiger partial charge in [0.2, 0.25) is 11.9 Å². The molecule has 2 amide bonds. The van der Waals surface area contributed by atoms with E-state index in [-0.39, 0.29) is 23.4 Å². The number of amides is 2. The van der Waals surface area contributed by atoms with Gasteiger partial charge in [-0.15, -0.1) is 0 Å². The minimum absolute atomic E-state index is 0.0664. The Balaban J connectivity index is 1.75. The Kier molecular flexibility index (Phi) is 5.35. The highest BCUT2D eigenvalue weighted by molar-refractivity contribution is 14.1. The molecule has 1 fully saturated rings. The van der Waals surface area contributed by atoms with Gasteiger partial charge >= 0.3 is 6.18 Å². The maximum Gasteiger partial charge on any atom is 0.440 e. The lowest BCUT2D eigenvalue weighted by molar-refractivity contribution is -0.217. The fraction of sp³-hybridized carbons (Fsp3) is 0.526. The topological polar surface area (TPSA) is 85.2 Å². The first-order chi connectivity index (χ1) is 14.2. The highest BCUT2D eigenvalue weighted by Gasteiger charge is 2.67. The molecule has 162 valence electrons. The fourth-order valence-electron chi connectivity index (χ4n) is 4.30. The van der Waals surface area contributed by atoms with Crippen LogP contribution in [0.4, 0.5) is 19.1 Å². The quantitative estimate of drug-likeness (QED) is 0.568. The van der Waals surface area contributed by atoms with Gasteiger partial charge in [-0.25, -0.2) is 4.98 Å². The Morgan fingerprint density at radius 2 is 2.10 bits per heavy atom. The molecule has 0 saturated heterocycles. The van der Waals surface area contributed by atoms with E-state index in [2.05, 4.69) is 10.3 Å². The van der Waals surface area contributed by atoms with Gasteiger partial charge in [-0.1, -0.05) is 25.7 Å². The van der Waals surface area contributed by atoms with Crippen LogP contribution in [0.25, 0.3) is 11.0 Å². The van der Waals surface area contributed by atoms with E-state index in [0.29, 0.717) is 21.7 Å². The summed E-state index contributed by atoms with van der Waals surface area (Å²) in [6, 6.07) is 2.91. The second-order valence-corrected chi connectivity index (χ2v) is 8.70. The van der Waals surface area contributed by atoms with Crippen molar-refractivity contribution >= 4 is 51.4 Å². The third kappa shape index (κ3) is 3.21. The Labute approximate surface area is 183 Å². The zero-order valence-corrected chi connectivity index (χ0v) is 18.3. The van der Waals surface area contributed by atoms with Gasteiger partial charge in [-0.3, -0.25) is 19.5 Å². The number of hydrogen-bond donors (Lipinski definition) is 2. The number of halogens is 4. The average molecular weight is 536 g/mol. The van der Waals surface area contributed by atoms with E-state index in [1.807, 2.05) is 27.9 Å². The number of rotatable bonds is 5. The summed E-state index contributed by atoms with van der Waals surface area (Å²) >= 11 is 1.93. The lowest BCUT2D eigenvalue weighted by atomic mass is 10.0. The standard InChI is InChI=1S/C19H20F3IN4O3/c1-30-12-8-7-11-15(14(12)23)24-17-25-16(29)18(27(11)17,19(20,21)22)26-13(28)9-6-10-4-2-3-5-10/h7-8,10H,2-6,9H2,1H3,(H,26,28)(H,24,25,29). The summed E-state index contributed by atoms with van der Waals surface area (Å²) in [5, 5.41) is 4.19. The number of benzene rings is 1. The van der Waals surface area contributed by atoms with Crippen LogP contribution in [0.5, 0.6) is 5.75 Å². The third-order valence-electron chi connectivity index (χ3n) is 5.82. The second kappa shape index (κ2) is 7.57. The van der Waals surface area contributed by atoms with Crippen molar-refractivity contribution in [3.63, 3.8) is 0 Å². The number of imidazole rings is 1. The van der Waals surface area contributed by atoms with Gasteiger partial charge in [0, 0.05) is 6.42 Å². The largest absolute Gasteiger partial charge is 0.496 e. The van der Waals surface area contributed by atoms with E-state index in [0.717, 1.165) is 30.3 Å². The maximum absolute atomic E-state index is 14.3. The minimum Gasteiger partial charge on any atom is -0.496 e. The van der Waals surface area contributed by atoms with Crippen LogP contribution in [0.1, 0.15) is 38.5 Å². The molecule has 1 atom stereocenters. The van der Waals surface area contributed by atoms with E-state index < -0.39 is 23.7 Å². The number of carbonyl (C=O) groups excluding carboxylic acids is 2. The summed E-state index contributed by atoms with van der Waals surface area (Å²) in [7, 11) is 1.44. The number of carbonyl (C=O) groups is 2. The van der Waals surface area contributed by atoms with Crippen LogP contribution in [0.2, 0.25) is 0 Å². The SMILES string of the molecule is COc1ccc2c(nc3n2C(NC(=O)CCC2CCCC2)(C(F)(F)F)C(=O)N3)c1I. The molecule has 11 heteroatoms. The van der Waals surface area contributed by atoms with E-state index in [9.17, 15) is 22.8 Å². The molecule has 4 rings (SSSR count). The second-order valence-electron chi connectivity index (χ2n) is 7.62. The Hall–Kier alpha value is -2.05. The highest BCUT2D eigenvalue weighted by Crippen LogP contribution is 2.45. The summed E-state index contributed by atoms with van der Waals surface area (Å²) < 4.78 is 49.5. The highest BCUT2D eigenvalue weighted by atomic mass is 127. The van der Waals surface area contributed by atoms with Gasteiger partial charge in [0.1, 0.15) is 11.3 Å². The molecule has 2 aliphatic rings. The van der Waals surface area contributed by atoms with Gasteiger partial charge in [0.05, 0.1) is 16.2 Å². The van der Waals surface area contributed by atoms with Gasteiger partial charge < -0.3 is 10.1 Å². The zero-order valence-electron chi connectivity index (χ0n) is 16.1. The Morgan fingerprint density at radius 3 is 2.73 bits per heavy atom. The minimum atomic E-state index is -5.08. The molecule has 1 aromatic heterocycles. The summed E-state index contributed by atoms with van der Waals surface area (Å²) in [6.07, 6.45) is -0.522. The third-order valence-corrected chi connectivity index (χ3v) is 6.87. The molecular weight excluding hydrogens is 516 g/mol. The molecular formula is C19H20F3IN4O3. The van der Waals surface area contributed by atoms with Crippen LogP contribution in [-0.4, -0.2) is 34.7 Å². The molecule has 1 unspecified atom stereocenters. The summed E-state index contributed by atoms with van der Waals surface area (Å²) in [4.78, 5) is 29.3. The van der Waals surface area contributed by atoms with Crippen molar-refractivity contribution in [1.29, 1.82) is 0 Å². The van der Waals surface area contributed by atoms with Gasteiger partial charge in [-0.2, -0.15) is 13.2 Å². The van der Waals surface area contributed by atoms with Crippen molar-refractivity contribution in [2.75, 3.05) is 12.4 Å². The van der Waals surface area contributed by atoms with E-state index >= 15 is 0 Å². The van der Waals surface area contributed by atoms with E-state index in [1.165, 1.54) is 19.2 Å². The zero-order chi connectivity index (χ0) is 21.7. The van der Waals surface area contributed by atoms with Crippen LogP contribution < -0.4 is 15.4 Å². The number of fused-ring (bicyclic) bond motifs is 3. The molecule has 0 spiro atoms. The summed E-state index contributed by atoms with van der Waals surface area (Å²) in [5.41, 5.74) is -2.93. The molecule has 7 nitrogen and oxygen atoms in total. The summed E-state index contributed by atoms with van der Waals surface area (Å²) in [6.45, 7) is 0. The smallest absolute Gasteiger partial charge is 0.440 e. The molecule has 1 saturated carbocycles. The van der Waals surface area contributed by atoms with E-state index in [1.54, 1.807) is 0 Å². The molecule has 2 heterocycles. The maximum atomic E-state index is 14.3. The number of nitrogens with one attached hydrogen (secondary N) is 2. The number of methoxy groups -OCH3 is 1. The molecule has 1 aliphatic heterocycles. The number of nitrogens with zero attached hydrogens (tertiary/aromatic N) is 2. The molecule has 30 heavy (non-hydrogen) atoms. The predicted octanol–water partition coefficient (Wildman–Crippen LogP) is 3.90. The van der Waals surface area contributed by atoms with Crippen LogP contribution in [-0.2, 0) is 15.3 Å². The average Bonchev–Trinajstić information content (AvgIpc) is 3.37. The van der Waals surface area contributed by atoms with Crippen LogP contribution >= 0.6 is 22.6 Å². The van der Waals surface area contributed by atoms with Gasteiger partial charge in [0.15, 0.2) is 0 Å². The first-order valence-corrected chi connectivity index (χ1v) is 10.7. The van der Waals surface area contributed by atoms with Crippen LogP contribution in [0.15, 0.2) is 12.1 Å². The molecule has 2 aromatic rings. The predicted molar refractivity (Wildman–Crippen MR) is 111 cm³/mol. The van der Waals surface area contributed by atoms with Crippen LogP contribution in [0.3, 0.4) is 0 Å². The monoisotopic (exact) mass is 536 g/mol. The van der Waals surface area contributed by atoms with Crippen molar-refractivity contribution < 1.29 is 27.5 Å². The molecule has 0 radical (unpaired) electrons. The van der Waals surface area contributed by atoms with E-state index in [4.69, 9.17) is 4.74 Å². The fourth-order valence-corrected chi connectivity index (χ4v) is 5.10. The molecule has 1 aromatic carbocycles. The number of aromatic nitrogens is 2. The van der Waals surface area contributed by atoms with Crippen molar-refractivity contribution in [3.8, 4) is 5.75 Å². The summed E-state index contributed by atoms with van der Waals surface area (Å²) in [5.74, 6) is -1.67. The molecule has 1 aliphatic carbocycles. The van der Waals surface area contributed by atoms with Crippen molar-refractivity contribution in [1.82, 2.24) is 14.9 Å². The van der Waals surface area contributed by atoms with Crippen LogP contribution in [0, 0.1) is 9.49 Å². The van der Waals surface area contributed by atoms with Crippen molar-refractivity contribution in [2.45, 2.75) is 50.4 Å². The number of alkyl halides is 3. The number of ether oxygens (including phenoxy) is 1. The number of anilines is 1. The van der Waals surface area contributed by atoms with Gasteiger partial charge in [-0.05, 0) is 47.1 Å². The lowest BCUT2D eigenvalue weighted by Gasteiger charge is -2.32. The Morgan fingerprint density at radius 1 is 1.40 bits per heavy atom. The Bertz CT molecular complexity index is 1020. The first-order valence-electron chi connectivity index (χ1n) is 9.63. The first kappa shape index (κ1) is 21.2. The normalized spacial score (nSPS) is 21.7. The molecule has 0 bridgehead atoms. The number of hydrogen-bond acceptors (Lipinski definition) is 4. The van der Waals surface area contributed by atoms with Crippen molar-refractivity contribution in [2.24, 2.45) is 5.92 Å². The molecule has 2 N–H and O–H groups in total. The van der Waals surface area contributed by atoms with Crippen molar-refractivity contribution in [3.05, 3.63) is 15.7 Å².